The van der Waals surface area contributed by atoms with Crippen LogP contribution in [0.1, 0.15) is 42.9 Å². The summed E-state index contributed by atoms with van der Waals surface area (Å²) in [5, 5.41) is 3.64. The van der Waals surface area contributed by atoms with E-state index in [1.165, 1.54) is 17.7 Å². The molecule has 1 unspecified atom stereocenters. The van der Waals surface area contributed by atoms with Crippen molar-refractivity contribution in [1.82, 2.24) is 10.2 Å². The minimum Gasteiger partial charge on any atom is -0.445 e. The molecule has 5 rings (SSSR count). The molecule has 1 aliphatic carbocycles. The minimum absolute atomic E-state index is 0.127. The summed E-state index contributed by atoms with van der Waals surface area (Å²) in [7, 11) is 0. The van der Waals surface area contributed by atoms with E-state index < -0.39 is 11.6 Å². The average molecular weight is 484 g/mol. The zero-order valence-electron chi connectivity index (χ0n) is 20.4. The van der Waals surface area contributed by atoms with Crippen LogP contribution in [0.5, 0.6) is 0 Å². The monoisotopic (exact) mass is 483 g/mol. The van der Waals surface area contributed by atoms with Gasteiger partial charge in [-0.25, -0.2) is 14.2 Å². The van der Waals surface area contributed by atoms with Crippen LogP contribution in [0, 0.1) is 5.82 Å². The Hall–Kier alpha value is -3.93. The Bertz CT molecular complexity index is 1250. The first kappa shape index (κ1) is 23.8. The lowest BCUT2D eigenvalue weighted by atomic mass is 9.93. The summed E-state index contributed by atoms with van der Waals surface area (Å²) in [6.07, 6.45) is 6.03. The van der Waals surface area contributed by atoms with Gasteiger partial charge in [0.2, 0.25) is 0 Å². The van der Waals surface area contributed by atoms with Crippen LogP contribution in [0.25, 0.3) is 0 Å². The molecule has 5 nitrogen and oxygen atoms in total. The molecule has 0 bridgehead atoms. The Morgan fingerprint density at radius 3 is 2.31 bits per heavy atom. The number of hydrogen-bond acceptors (Lipinski definition) is 4. The van der Waals surface area contributed by atoms with Crippen LogP contribution in [-0.4, -0.2) is 22.7 Å². The molecule has 3 aromatic rings. The summed E-state index contributed by atoms with van der Waals surface area (Å²) in [6, 6.07) is 26.2. The van der Waals surface area contributed by atoms with Crippen LogP contribution >= 0.6 is 0 Å². The molecular formula is C30H30FN3O2. The molecular weight excluding hydrogens is 453 g/mol. The first-order chi connectivity index (χ1) is 17.5. The van der Waals surface area contributed by atoms with Crippen molar-refractivity contribution in [3.05, 3.63) is 119 Å². The van der Waals surface area contributed by atoms with E-state index in [4.69, 9.17) is 4.74 Å². The van der Waals surface area contributed by atoms with Gasteiger partial charge in [-0.1, -0.05) is 72.8 Å². The van der Waals surface area contributed by atoms with Gasteiger partial charge < -0.3 is 10.1 Å². The largest absolute Gasteiger partial charge is 0.445 e. The quantitative estimate of drug-likeness (QED) is 0.408. The minimum atomic E-state index is -0.682. The molecule has 6 heteroatoms. The van der Waals surface area contributed by atoms with Gasteiger partial charge in [0.25, 0.3) is 0 Å². The third-order valence-electron chi connectivity index (χ3n) is 6.92. The number of rotatable bonds is 8. The molecule has 0 aromatic heterocycles. The molecule has 1 heterocycles. The van der Waals surface area contributed by atoms with Crippen molar-refractivity contribution < 1.29 is 13.9 Å². The fraction of sp³-hybridized carbons (Fsp3) is 0.267. The number of nitrogens with zero attached hydrogens (tertiary/aromatic N) is 2. The highest BCUT2D eigenvalue weighted by molar-refractivity contribution is 5.72. The van der Waals surface area contributed by atoms with Gasteiger partial charge in [-0.2, -0.15) is 0 Å². The average Bonchev–Trinajstić information content (AvgIpc) is 3.68. The number of amides is 1. The number of aliphatic imine (C=N–C) groups is 1. The van der Waals surface area contributed by atoms with Crippen molar-refractivity contribution in [1.29, 1.82) is 0 Å². The molecule has 184 valence electrons. The van der Waals surface area contributed by atoms with E-state index >= 15 is 0 Å². The Kier molecular flexibility index (Phi) is 6.59. The van der Waals surface area contributed by atoms with E-state index in [-0.39, 0.29) is 24.5 Å². The Balaban J connectivity index is 1.39. The molecule has 1 atom stereocenters. The highest BCUT2D eigenvalue weighted by Gasteiger charge is 2.46. The molecule has 0 spiro atoms. The van der Waals surface area contributed by atoms with Crippen LogP contribution in [0.3, 0.4) is 0 Å². The van der Waals surface area contributed by atoms with E-state index in [0.717, 1.165) is 29.8 Å². The zero-order chi connectivity index (χ0) is 25.0. The van der Waals surface area contributed by atoms with Gasteiger partial charge in [-0.15, -0.1) is 0 Å². The number of benzene rings is 3. The fourth-order valence-electron chi connectivity index (χ4n) is 4.61. The van der Waals surface area contributed by atoms with Crippen LogP contribution in [0.2, 0.25) is 0 Å². The molecule has 36 heavy (non-hydrogen) atoms. The van der Waals surface area contributed by atoms with Crippen molar-refractivity contribution in [2.75, 3.05) is 0 Å². The predicted octanol–water partition coefficient (Wildman–Crippen LogP) is 6.32. The summed E-state index contributed by atoms with van der Waals surface area (Å²) in [6.45, 7) is 2.47. The van der Waals surface area contributed by atoms with Crippen molar-refractivity contribution >= 4 is 12.3 Å². The van der Waals surface area contributed by atoms with Crippen molar-refractivity contribution in [2.45, 2.75) is 50.4 Å². The number of ether oxygens (including phenoxy) is 1. The third kappa shape index (κ3) is 5.33. The van der Waals surface area contributed by atoms with Gasteiger partial charge in [-0.3, -0.25) is 4.90 Å². The summed E-state index contributed by atoms with van der Waals surface area (Å²) < 4.78 is 19.3. The second kappa shape index (κ2) is 9.97. The second-order valence-corrected chi connectivity index (χ2v) is 9.73. The molecule has 3 aromatic carbocycles. The maximum atomic E-state index is 13.5. The molecule has 1 amide bonds. The smallest absolute Gasteiger partial charge is 0.411 e. The number of carbonyl (C=O) groups is 1. The van der Waals surface area contributed by atoms with Gasteiger partial charge in [-0.05, 0) is 54.7 Å². The van der Waals surface area contributed by atoms with Gasteiger partial charge in [0.15, 0.2) is 0 Å². The van der Waals surface area contributed by atoms with Gasteiger partial charge in [0.05, 0.1) is 11.1 Å². The van der Waals surface area contributed by atoms with E-state index in [1.807, 2.05) is 67.7 Å². The number of halogens is 1. The summed E-state index contributed by atoms with van der Waals surface area (Å²) >= 11 is 0. The maximum Gasteiger partial charge on any atom is 0.411 e. The van der Waals surface area contributed by atoms with Gasteiger partial charge in [0.1, 0.15) is 18.2 Å². The van der Waals surface area contributed by atoms with Crippen molar-refractivity contribution in [3.8, 4) is 0 Å². The molecule has 1 aliphatic heterocycles. The Morgan fingerprint density at radius 1 is 0.972 bits per heavy atom. The summed E-state index contributed by atoms with van der Waals surface area (Å²) in [5.74, 6) is 0.431. The van der Waals surface area contributed by atoms with Crippen LogP contribution in [0.15, 0.2) is 102 Å². The standard InChI is InChI=1S/C30H30FN3O2/c1-29(18-19-32-27(20-29)33-30(16-17-30)25-10-6-3-7-11-25)34(21-23-12-14-26(31)15-13-23)28(35)36-22-24-8-4-2-5-9-24/h2-15,19-20,33H,16-18,21-22H2,1H3. The number of nitrogens with one attached hydrogen (secondary N) is 1. The molecule has 0 radical (unpaired) electrons. The highest BCUT2D eigenvalue weighted by Crippen LogP contribution is 2.46. The topological polar surface area (TPSA) is 53.9 Å². The highest BCUT2D eigenvalue weighted by atomic mass is 19.1. The van der Waals surface area contributed by atoms with E-state index in [2.05, 4.69) is 22.4 Å². The Labute approximate surface area is 211 Å². The maximum absolute atomic E-state index is 13.5. The molecule has 1 fully saturated rings. The van der Waals surface area contributed by atoms with Crippen LogP contribution in [0.4, 0.5) is 9.18 Å². The second-order valence-electron chi connectivity index (χ2n) is 9.73. The lowest BCUT2D eigenvalue weighted by molar-refractivity contribution is 0.0632. The van der Waals surface area contributed by atoms with Gasteiger partial charge >= 0.3 is 6.09 Å². The fourth-order valence-corrected chi connectivity index (χ4v) is 4.61. The molecule has 0 saturated heterocycles. The van der Waals surface area contributed by atoms with Crippen molar-refractivity contribution in [2.24, 2.45) is 4.99 Å². The predicted molar refractivity (Wildman–Crippen MR) is 139 cm³/mol. The van der Waals surface area contributed by atoms with E-state index in [9.17, 15) is 9.18 Å². The van der Waals surface area contributed by atoms with E-state index in [0.29, 0.717) is 6.42 Å². The molecule has 1 saturated carbocycles. The first-order valence-electron chi connectivity index (χ1n) is 12.3. The van der Waals surface area contributed by atoms with Gasteiger partial charge in [0, 0.05) is 19.2 Å². The number of carbonyl (C=O) groups excluding carboxylic acids is 1. The lowest BCUT2D eigenvalue weighted by Crippen LogP contribution is -2.50. The SMILES string of the molecule is CC1(N(Cc2ccc(F)cc2)C(=O)OCc2ccccc2)C=C(NC2(c3ccccc3)CC2)N=CC1. The van der Waals surface area contributed by atoms with Crippen molar-refractivity contribution in [3.63, 3.8) is 0 Å². The molecule has 2 aliphatic rings. The molecule has 1 N–H and O–H groups in total. The Morgan fingerprint density at radius 2 is 1.64 bits per heavy atom. The first-order valence-corrected chi connectivity index (χ1v) is 12.3. The van der Waals surface area contributed by atoms with Crippen LogP contribution in [-0.2, 0) is 23.4 Å². The lowest BCUT2D eigenvalue weighted by Gasteiger charge is -2.40. The normalized spacial score (nSPS) is 19.8. The zero-order valence-corrected chi connectivity index (χ0v) is 20.4. The number of hydrogen-bond donors (Lipinski definition) is 1. The summed E-state index contributed by atoms with van der Waals surface area (Å²) in [5.41, 5.74) is 2.16. The third-order valence-corrected chi connectivity index (χ3v) is 6.92. The van der Waals surface area contributed by atoms with Crippen LogP contribution < -0.4 is 5.32 Å². The summed E-state index contributed by atoms with van der Waals surface area (Å²) in [4.78, 5) is 19.8. The van der Waals surface area contributed by atoms with E-state index in [1.54, 1.807) is 17.0 Å².